The fourth-order valence-electron chi connectivity index (χ4n) is 3.78. The Balaban J connectivity index is 1.82. The van der Waals surface area contributed by atoms with Gasteiger partial charge in [-0.1, -0.05) is 31.2 Å². The SMILES string of the molecule is CCc1ccc(N2C(=O)C(Nc3cc(C)ccc3C)=C(c3ccc([N+](=O)[O-])cc3)C2=O)cc1. The van der Waals surface area contributed by atoms with Crippen LogP contribution in [0.3, 0.4) is 0 Å². The van der Waals surface area contributed by atoms with Crippen molar-refractivity contribution in [1.82, 2.24) is 0 Å². The van der Waals surface area contributed by atoms with Gasteiger partial charge in [0.15, 0.2) is 0 Å². The zero-order valence-corrected chi connectivity index (χ0v) is 18.6. The molecule has 0 radical (unpaired) electrons. The van der Waals surface area contributed by atoms with Crippen molar-refractivity contribution in [2.24, 2.45) is 0 Å². The first kappa shape index (κ1) is 22.0. The van der Waals surface area contributed by atoms with E-state index < -0.39 is 16.7 Å². The Morgan fingerprint density at radius 2 is 1.58 bits per heavy atom. The highest BCUT2D eigenvalue weighted by Gasteiger charge is 2.40. The lowest BCUT2D eigenvalue weighted by molar-refractivity contribution is -0.384. The van der Waals surface area contributed by atoms with Crippen molar-refractivity contribution in [2.45, 2.75) is 27.2 Å². The number of amides is 2. The number of rotatable bonds is 6. The third kappa shape index (κ3) is 4.13. The van der Waals surface area contributed by atoms with Gasteiger partial charge < -0.3 is 5.32 Å². The predicted molar refractivity (Wildman–Crippen MR) is 128 cm³/mol. The summed E-state index contributed by atoms with van der Waals surface area (Å²) in [6, 6.07) is 18.7. The average molecular weight is 441 g/mol. The molecule has 3 aromatic carbocycles. The zero-order chi connectivity index (χ0) is 23.7. The molecule has 0 aliphatic carbocycles. The number of nitro groups is 1. The minimum Gasteiger partial charge on any atom is -0.350 e. The van der Waals surface area contributed by atoms with E-state index in [2.05, 4.69) is 5.32 Å². The summed E-state index contributed by atoms with van der Waals surface area (Å²) < 4.78 is 0. The van der Waals surface area contributed by atoms with Gasteiger partial charge in [0.05, 0.1) is 16.2 Å². The molecular formula is C26H23N3O4. The van der Waals surface area contributed by atoms with Gasteiger partial charge in [0.2, 0.25) is 0 Å². The largest absolute Gasteiger partial charge is 0.350 e. The van der Waals surface area contributed by atoms with Gasteiger partial charge >= 0.3 is 0 Å². The third-order valence-corrected chi connectivity index (χ3v) is 5.71. The fraction of sp³-hybridized carbons (Fsp3) is 0.154. The van der Waals surface area contributed by atoms with Gasteiger partial charge in [-0.05, 0) is 72.9 Å². The number of nitrogens with zero attached hydrogens (tertiary/aromatic N) is 2. The van der Waals surface area contributed by atoms with E-state index >= 15 is 0 Å². The van der Waals surface area contributed by atoms with Crippen LogP contribution in [-0.4, -0.2) is 16.7 Å². The molecule has 0 spiro atoms. The summed E-state index contributed by atoms with van der Waals surface area (Å²) >= 11 is 0. The van der Waals surface area contributed by atoms with Crippen molar-refractivity contribution >= 4 is 34.4 Å². The summed E-state index contributed by atoms with van der Waals surface area (Å²) in [5.41, 5.74) is 4.86. The van der Waals surface area contributed by atoms with Crippen molar-refractivity contribution in [2.75, 3.05) is 10.2 Å². The molecule has 33 heavy (non-hydrogen) atoms. The smallest absolute Gasteiger partial charge is 0.282 e. The standard InChI is InChI=1S/C26H23N3O4/c1-4-18-7-11-20(12-8-18)28-25(30)23(19-9-13-21(14-10-19)29(32)33)24(26(28)31)27-22-15-16(2)5-6-17(22)3/h5-15,27H,4H2,1-3H3. The highest BCUT2D eigenvalue weighted by molar-refractivity contribution is 6.46. The summed E-state index contributed by atoms with van der Waals surface area (Å²) in [6.07, 6.45) is 0.841. The Bertz CT molecular complexity index is 1290. The quantitative estimate of drug-likeness (QED) is 0.324. The van der Waals surface area contributed by atoms with E-state index in [-0.39, 0.29) is 17.0 Å². The van der Waals surface area contributed by atoms with Crippen LogP contribution in [0.2, 0.25) is 0 Å². The van der Waals surface area contributed by atoms with Gasteiger partial charge in [-0.3, -0.25) is 19.7 Å². The monoisotopic (exact) mass is 441 g/mol. The summed E-state index contributed by atoms with van der Waals surface area (Å²) in [5.74, 6) is -0.954. The number of non-ortho nitro benzene ring substituents is 1. The van der Waals surface area contributed by atoms with Crippen LogP contribution in [0, 0.1) is 24.0 Å². The molecule has 1 N–H and O–H groups in total. The van der Waals surface area contributed by atoms with E-state index in [9.17, 15) is 19.7 Å². The number of benzene rings is 3. The van der Waals surface area contributed by atoms with Gasteiger partial charge in [0.25, 0.3) is 17.5 Å². The number of nitro benzene ring substituents is 1. The second kappa shape index (κ2) is 8.70. The molecule has 0 fully saturated rings. The number of hydrogen-bond acceptors (Lipinski definition) is 5. The maximum atomic E-state index is 13.5. The molecule has 0 saturated carbocycles. The Morgan fingerprint density at radius 3 is 2.18 bits per heavy atom. The van der Waals surface area contributed by atoms with E-state index in [1.54, 1.807) is 12.1 Å². The van der Waals surface area contributed by atoms with Crippen LogP contribution >= 0.6 is 0 Å². The predicted octanol–water partition coefficient (Wildman–Crippen LogP) is 5.17. The molecular weight excluding hydrogens is 418 g/mol. The maximum Gasteiger partial charge on any atom is 0.282 e. The lowest BCUT2D eigenvalue weighted by atomic mass is 10.0. The summed E-state index contributed by atoms with van der Waals surface area (Å²) in [5, 5.41) is 14.2. The minimum absolute atomic E-state index is 0.0906. The number of hydrogen-bond donors (Lipinski definition) is 1. The molecule has 7 heteroatoms. The van der Waals surface area contributed by atoms with Gasteiger partial charge in [-0.2, -0.15) is 0 Å². The van der Waals surface area contributed by atoms with Gasteiger partial charge in [0.1, 0.15) is 5.70 Å². The third-order valence-electron chi connectivity index (χ3n) is 5.71. The van der Waals surface area contributed by atoms with Crippen LogP contribution in [0.25, 0.3) is 5.57 Å². The van der Waals surface area contributed by atoms with Gasteiger partial charge in [-0.25, -0.2) is 4.90 Å². The maximum absolute atomic E-state index is 13.5. The number of carbonyl (C=O) groups is 2. The van der Waals surface area contributed by atoms with Crippen molar-refractivity contribution in [3.05, 3.63) is 105 Å². The molecule has 0 saturated heterocycles. The van der Waals surface area contributed by atoms with Gasteiger partial charge in [0, 0.05) is 17.8 Å². The minimum atomic E-state index is -0.503. The summed E-state index contributed by atoms with van der Waals surface area (Å²) in [7, 11) is 0. The van der Waals surface area contributed by atoms with E-state index in [0.717, 1.165) is 28.0 Å². The highest BCUT2D eigenvalue weighted by Crippen LogP contribution is 2.35. The van der Waals surface area contributed by atoms with Gasteiger partial charge in [-0.15, -0.1) is 0 Å². The normalized spacial score (nSPS) is 13.6. The fourth-order valence-corrected chi connectivity index (χ4v) is 3.78. The summed E-state index contributed by atoms with van der Waals surface area (Å²) in [6.45, 7) is 5.89. The number of carbonyl (C=O) groups excluding carboxylic acids is 2. The molecule has 1 aliphatic heterocycles. The number of imide groups is 1. The molecule has 0 aromatic heterocycles. The molecule has 0 bridgehead atoms. The number of nitrogens with one attached hydrogen (secondary N) is 1. The lowest BCUT2D eigenvalue weighted by Gasteiger charge is -2.16. The molecule has 166 valence electrons. The molecule has 0 atom stereocenters. The van der Waals surface area contributed by atoms with E-state index in [1.165, 1.54) is 24.3 Å². The van der Waals surface area contributed by atoms with Crippen LogP contribution in [-0.2, 0) is 16.0 Å². The number of anilines is 2. The van der Waals surface area contributed by atoms with E-state index in [1.807, 2.05) is 51.1 Å². The Kier molecular flexibility index (Phi) is 5.79. The molecule has 0 unspecified atom stereocenters. The first-order valence-corrected chi connectivity index (χ1v) is 10.6. The van der Waals surface area contributed by atoms with Crippen LogP contribution in [0.5, 0.6) is 0 Å². The molecule has 2 amide bonds. The first-order chi connectivity index (χ1) is 15.8. The lowest BCUT2D eigenvalue weighted by Crippen LogP contribution is -2.32. The van der Waals surface area contributed by atoms with Crippen LogP contribution in [0.15, 0.2) is 72.4 Å². The van der Waals surface area contributed by atoms with Crippen LogP contribution in [0.4, 0.5) is 17.1 Å². The van der Waals surface area contributed by atoms with E-state index in [0.29, 0.717) is 16.9 Å². The molecule has 1 heterocycles. The van der Waals surface area contributed by atoms with Crippen molar-refractivity contribution in [1.29, 1.82) is 0 Å². The Labute approximate surface area is 191 Å². The molecule has 3 aromatic rings. The zero-order valence-electron chi connectivity index (χ0n) is 18.6. The second-order valence-corrected chi connectivity index (χ2v) is 7.96. The topological polar surface area (TPSA) is 92.6 Å². The summed E-state index contributed by atoms with van der Waals surface area (Å²) in [4.78, 5) is 38.7. The van der Waals surface area contributed by atoms with E-state index in [4.69, 9.17) is 0 Å². The average Bonchev–Trinajstić information content (AvgIpc) is 3.05. The molecule has 1 aliphatic rings. The number of aryl methyl sites for hydroxylation is 3. The molecule has 7 nitrogen and oxygen atoms in total. The highest BCUT2D eigenvalue weighted by atomic mass is 16.6. The van der Waals surface area contributed by atoms with Crippen LogP contribution < -0.4 is 10.2 Å². The first-order valence-electron chi connectivity index (χ1n) is 10.6. The Morgan fingerprint density at radius 1 is 0.909 bits per heavy atom. The van der Waals surface area contributed by atoms with Crippen molar-refractivity contribution < 1.29 is 14.5 Å². The van der Waals surface area contributed by atoms with Crippen LogP contribution in [0.1, 0.15) is 29.2 Å². The second-order valence-electron chi connectivity index (χ2n) is 7.96. The molecule has 4 rings (SSSR count). The van der Waals surface area contributed by atoms with Crippen molar-refractivity contribution in [3.8, 4) is 0 Å². The Hall–Kier alpha value is -4.26. The van der Waals surface area contributed by atoms with Crippen molar-refractivity contribution in [3.63, 3.8) is 0 Å².